The average molecular weight is 428 g/mol. The Labute approximate surface area is 178 Å². The largest absolute Gasteiger partial charge is 0.348 e. The van der Waals surface area contributed by atoms with E-state index in [4.69, 9.17) is 11.6 Å². The number of benzene rings is 1. The smallest absolute Gasteiger partial charge is 0.272 e. The second-order valence-electron chi connectivity index (χ2n) is 7.13. The van der Waals surface area contributed by atoms with Crippen molar-refractivity contribution in [2.45, 2.75) is 25.7 Å². The van der Waals surface area contributed by atoms with Crippen LogP contribution in [-0.2, 0) is 19.9 Å². The van der Waals surface area contributed by atoms with Gasteiger partial charge in [0, 0.05) is 34.4 Å². The van der Waals surface area contributed by atoms with Crippen LogP contribution in [0.5, 0.6) is 0 Å². The summed E-state index contributed by atoms with van der Waals surface area (Å²) < 4.78 is 1.82. The molecule has 0 fully saturated rings. The first-order valence-electron chi connectivity index (χ1n) is 9.60. The Morgan fingerprint density at radius 2 is 2.07 bits per heavy atom. The first-order chi connectivity index (χ1) is 14.0. The highest BCUT2D eigenvalue weighted by Crippen LogP contribution is 2.38. The first-order valence-corrected chi connectivity index (χ1v) is 10.8. The van der Waals surface area contributed by atoms with Gasteiger partial charge in [0.15, 0.2) is 0 Å². The predicted molar refractivity (Wildman–Crippen MR) is 119 cm³/mol. The standard InChI is InChI=1S/C22H22ClN3O2S/c1-3-11-24-21(28)19-13-7-4-5-10-18(13)29-22(19)25-20(27)17-12-14-15(23)8-6-9-16(14)26(17)2/h3,6,8-9,12H,1,4-5,7,10-11H2,2H3,(H,24,28)(H,25,27). The second kappa shape index (κ2) is 8.05. The molecular formula is C22H22ClN3O2S. The minimum atomic E-state index is -0.254. The van der Waals surface area contributed by atoms with Gasteiger partial charge < -0.3 is 15.2 Å². The summed E-state index contributed by atoms with van der Waals surface area (Å²) in [5.74, 6) is -0.421. The maximum Gasteiger partial charge on any atom is 0.272 e. The van der Waals surface area contributed by atoms with E-state index < -0.39 is 0 Å². The summed E-state index contributed by atoms with van der Waals surface area (Å²) in [6.07, 6.45) is 5.62. The van der Waals surface area contributed by atoms with Crippen LogP contribution in [0.3, 0.4) is 0 Å². The summed E-state index contributed by atoms with van der Waals surface area (Å²) in [7, 11) is 1.84. The molecule has 1 aliphatic rings. The number of aryl methyl sites for hydroxylation is 2. The van der Waals surface area contributed by atoms with Crippen LogP contribution in [0.1, 0.15) is 44.1 Å². The number of nitrogens with one attached hydrogen (secondary N) is 2. The lowest BCUT2D eigenvalue weighted by Crippen LogP contribution is -2.26. The van der Waals surface area contributed by atoms with Gasteiger partial charge in [0.2, 0.25) is 0 Å². The van der Waals surface area contributed by atoms with Crippen molar-refractivity contribution in [1.29, 1.82) is 0 Å². The Balaban J connectivity index is 1.71. The lowest BCUT2D eigenvalue weighted by Gasteiger charge is -2.13. The summed E-state index contributed by atoms with van der Waals surface area (Å²) in [6, 6.07) is 7.39. The number of hydrogen-bond acceptors (Lipinski definition) is 3. The van der Waals surface area contributed by atoms with Crippen molar-refractivity contribution in [2.75, 3.05) is 11.9 Å². The van der Waals surface area contributed by atoms with E-state index in [0.29, 0.717) is 27.8 Å². The number of carbonyl (C=O) groups excluding carboxylic acids is 2. The number of amides is 2. The van der Waals surface area contributed by atoms with Gasteiger partial charge in [-0.05, 0) is 49.4 Å². The van der Waals surface area contributed by atoms with E-state index in [0.717, 1.165) is 42.1 Å². The van der Waals surface area contributed by atoms with Crippen LogP contribution in [0, 0.1) is 0 Å². The molecule has 5 nitrogen and oxygen atoms in total. The number of thiophene rings is 1. The molecule has 0 aliphatic heterocycles. The Bertz CT molecular complexity index is 1130. The van der Waals surface area contributed by atoms with Crippen molar-refractivity contribution in [3.8, 4) is 0 Å². The molecule has 0 saturated heterocycles. The van der Waals surface area contributed by atoms with Crippen molar-refractivity contribution in [2.24, 2.45) is 7.05 Å². The molecule has 0 bridgehead atoms. The van der Waals surface area contributed by atoms with E-state index in [-0.39, 0.29) is 11.8 Å². The van der Waals surface area contributed by atoms with Gasteiger partial charge in [0.05, 0.1) is 5.56 Å². The predicted octanol–water partition coefficient (Wildman–Crippen LogP) is 4.94. The molecule has 0 spiro atoms. The number of nitrogens with zero attached hydrogens (tertiary/aromatic N) is 1. The lowest BCUT2D eigenvalue weighted by molar-refractivity contribution is 0.0958. The fourth-order valence-electron chi connectivity index (χ4n) is 3.86. The van der Waals surface area contributed by atoms with E-state index >= 15 is 0 Å². The van der Waals surface area contributed by atoms with Crippen molar-refractivity contribution in [1.82, 2.24) is 9.88 Å². The highest BCUT2D eigenvalue weighted by molar-refractivity contribution is 7.17. The molecule has 2 aromatic heterocycles. The molecule has 2 amide bonds. The van der Waals surface area contributed by atoms with Crippen molar-refractivity contribution in [3.63, 3.8) is 0 Å². The van der Waals surface area contributed by atoms with Crippen LogP contribution in [0.2, 0.25) is 5.02 Å². The van der Waals surface area contributed by atoms with Crippen molar-refractivity contribution < 1.29 is 9.59 Å². The monoisotopic (exact) mass is 427 g/mol. The van der Waals surface area contributed by atoms with Crippen molar-refractivity contribution >= 4 is 50.7 Å². The molecule has 2 heterocycles. The van der Waals surface area contributed by atoms with E-state index in [1.165, 1.54) is 16.2 Å². The Morgan fingerprint density at radius 1 is 1.28 bits per heavy atom. The summed E-state index contributed by atoms with van der Waals surface area (Å²) >= 11 is 7.80. The minimum Gasteiger partial charge on any atom is -0.348 e. The number of rotatable bonds is 5. The van der Waals surface area contributed by atoms with Crippen LogP contribution in [0.25, 0.3) is 10.9 Å². The molecule has 2 N–H and O–H groups in total. The fourth-order valence-corrected chi connectivity index (χ4v) is 5.36. The summed E-state index contributed by atoms with van der Waals surface area (Å²) in [6.45, 7) is 4.04. The lowest BCUT2D eigenvalue weighted by atomic mass is 9.95. The van der Waals surface area contributed by atoms with Crippen LogP contribution in [0.15, 0.2) is 36.9 Å². The quantitative estimate of drug-likeness (QED) is 0.566. The van der Waals surface area contributed by atoms with Gasteiger partial charge in [-0.2, -0.15) is 0 Å². The average Bonchev–Trinajstić information content (AvgIpc) is 3.25. The molecule has 7 heteroatoms. The van der Waals surface area contributed by atoms with Gasteiger partial charge in [-0.1, -0.05) is 23.7 Å². The van der Waals surface area contributed by atoms with Gasteiger partial charge in [-0.15, -0.1) is 17.9 Å². The minimum absolute atomic E-state index is 0.167. The maximum absolute atomic E-state index is 13.1. The number of carbonyl (C=O) groups is 2. The first kappa shape index (κ1) is 19.7. The van der Waals surface area contributed by atoms with Gasteiger partial charge >= 0.3 is 0 Å². The van der Waals surface area contributed by atoms with E-state index in [1.54, 1.807) is 18.2 Å². The zero-order valence-electron chi connectivity index (χ0n) is 16.2. The Kier molecular flexibility index (Phi) is 5.48. The van der Waals surface area contributed by atoms with Gasteiger partial charge in [0.25, 0.3) is 11.8 Å². The molecule has 3 aromatic rings. The zero-order valence-corrected chi connectivity index (χ0v) is 17.8. The number of anilines is 1. The molecule has 0 unspecified atom stereocenters. The number of hydrogen-bond donors (Lipinski definition) is 2. The fraction of sp³-hybridized carbons (Fsp3) is 0.273. The molecule has 29 heavy (non-hydrogen) atoms. The van der Waals surface area contributed by atoms with Crippen LogP contribution < -0.4 is 10.6 Å². The van der Waals surface area contributed by atoms with Crippen LogP contribution >= 0.6 is 22.9 Å². The number of aromatic nitrogens is 1. The molecule has 0 saturated carbocycles. The van der Waals surface area contributed by atoms with Gasteiger partial charge in [-0.25, -0.2) is 0 Å². The normalized spacial score (nSPS) is 13.2. The number of halogens is 1. The molecule has 0 atom stereocenters. The Morgan fingerprint density at radius 3 is 2.83 bits per heavy atom. The number of fused-ring (bicyclic) bond motifs is 2. The maximum atomic E-state index is 13.1. The van der Waals surface area contributed by atoms with E-state index in [1.807, 2.05) is 23.7 Å². The highest BCUT2D eigenvalue weighted by Gasteiger charge is 2.27. The molecule has 150 valence electrons. The molecular weight excluding hydrogens is 406 g/mol. The summed E-state index contributed by atoms with van der Waals surface area (Å²) in [5.41, 5.74) is 3.05. The second-order valence-corrected chi connectivity index (χ2v) is 8.64. The Hall–Kier alpha value is -2.57. The van der Waals surface area contributed by atoms with Crippen molar-refractivity contribution in [3.05, 3.63) is 63.6 Å². The van der Waals surface area contributed by atoms with Gasteiger partial charge in [-0.3, -0.25) is 9.59 Å². The third-order valence-corrected chi connectivity index (χ3v) is 6.84. The third-order valence-electron chi connectivity index (χ3n) is 5.30. The van der Waals surface area contributed by atoms with E-state index in [2.05, 4.69) is 17.2 Å². The van der Waals surface area contributed by atoms with E-state index in [9.17, 15) is 9.59 Å². The summed E-state index contributed by atoms with van der Waals surface area (Å²) in [4.78, 5) is 27.1. The molecule has 1 aliphatic carbocycles. The third kappa shape index (κ3) is 3.58. The molecule has 1 aromatic carbocycles. The van der Waals surface area contributed by atoms with Gasteiger partial charge in [0.1, 0.15) is 10.7 Å². The molecule has 0 radical (unpaired) electrons. The topological polar surface area (TPSA) is 63.1 Å². The van der Waals surface area contributed by atoms with Crippen LogP contribution in [-0.4, -0.2) is 22.9 Å². The SMILES string of the molecule is C=CCNC(=O)c1c(NC(=O)c2cc3c(Cl)cccc3n2C)sc2c1CCCC2. The summed E-state index contributed by atoms with van der Waals surface area (Å²) in [5, 5.41) is 7.89. The van der Waals surface area contributed by atoms with Crippen LogP contribution in [0.4, 0.5) is 5.00 Å². The zero-order chi connectivity index (χ0) is 20.5. The highest BCUT2D eigenvalue weighted by atomic mass is 35.5. The molecule has 4 rings (SSSR count).